The molecule has 0 spiro atoms. The monoisotopic (exact) mass is 510 g/mol. The first-order chi connectivity index (χ1) is 16.9. The average molecular weight is 511 g/mol. The molecule has 0 aliphatic rings. The maximum Gasteiger partial charge on any atom is 0.234 e. The third-order valence-corrected chi connectivity index (χ3v) is 6.22. The van der Waals surface area contributed by atoms with Crippen LogP contribution in [0.2, 0.25) is 10.0 Å². The summed E-state index contributed by atoms with van der Waals surface area (Å²) in [5.74, 6) is -0.0717. The number of hydrogen-bond donors (Lipinski definition) is 2. The second-order valence-corrected chi connectivity index (χ2v) is 8.73. The van der Waals surface area contributed by atoms with Crippen molar-refractivity contribution in [2.24, 2.45) is 0 Å². The molecule has 1 aromatic heterocycles. The van der Waals surface area contributed by atoms with Gasteiger partial charge in [0.1, 0.15) is 17.2 Å². The topological polar surface area (TPSA) is 84.6 Å². The summed E-state index contributed by atoms with van der Waals surface area (Å²) < 4.78 is 11.2. The SMILES string of the molecule is CCCC(C(=O)Nc1oc(-c2ccccc2)nc1-c1c(Cl)cccc1Cl)c1ccc(OC)cc1O. The van der Waals surface area contributed by atoms with Gasteiger partial charge in [0.25, 0.3) is 0 Å². The molecule has 4 aromatic rings. The first-order valence-corrected chi connectivity index (χ1v) is 11.9. The van der Waals surface area contributed by atoms with Gasteiger partial charge in [0, 0.05) is 22.8 Å². The molecule has 0 aliphatic heterocycles. The maximum absolute atomic E-state index is 13.5. The van der Waals surface area contributed by atoms with Crippen LogP contribution in [0.3, 0.4) is 0 Å². The molecule has 0 saturated carbocycles. The van der Waals surface area contributed by atoms with Gasteiger partial charge in [0.15, 0.2) is 0 Å². The van der Waals surface area contributed by atoms with E-state index in [9.17, 15) is 9.90 Å². The van der Waals surface area contributed by atoms with Crippen molar-refractivity contribution in [2.45, 2.75) is 25.7 Å². The number of phenols is 1. The highest BCUT2D eigenvalue weighted by Gasteiger charge is 2.27. The number of rotatable bonds is 8. The highest BCUT2D eigenvalue weighted by molar-refractivity contribution is 6.39. The number of amides is 1. The summed E-state index contributed by atoms with van der Waals surface area (Å²) in [6.45, 7) is 1.97. The Bertz CT molecular complexity index is 1320. The zero-order valence-corrected chi connectivity index (χ0v) is 20.7. The van der Waals surface area contributed by atoms with Crippen LogP contribution in [-0.4, -0.2) is 23.1 Å². The molecule has 1 atom stereocenters. The van der Waals surface area contributed by atoms with Crippen LogP contribution in [-0.2, 0) is 4.79 Å². The molecule has 1 unspecified atom stereocenters. The van der Waals surface area contributed by atoms with Crippen molar-refractivity contribution in [3.63, 3.8) is 0 Å². The van der Waals surface area contributed by atoms with E-state index in [1.165, 1.54) is 13.2 Å². The molecule has 6 nitrogen and oxygen atoms in total. The summed E-state index contributed by atoms with van der Waals surface area (Å²) >= 11 is 12.9. The Balaban J connectivity index is 1.76. The minimum atomic E-state index is -0.634. The summed E-state index contributed by atoms with van der Waals surface area (Å²) in [7, 11) is 1.51. The van der Waals surface area contributed by atoms with Gasteiger partial charge < -0.3 is 14.3 Å². The number of carbonyl (C=O) groups excluding carboxylic acids is 1. The van der Waals surface area contributed by atoms with E-state index in [0.717, 1.165) is 12.0 Å². The Morgan fingerprint density at radius 2 is 1.80 bits per heavy atom. The Hall–Kier alpha value is -3.48. The van der Waals surface area contributed by atoms with Crippen molar-refractivity contribution in [2.75, 3.05) is 12.4 Å². The molecule has 3 aromatic carbocycles. The van der Waals surface area contributed by atoms with Crippen molar-refractivity contribution >= 4 is 35.0 Å². The number of halogens is 2. The zero-order valence-electron chi connectivity index (χ0n) is 19.2. The molecule has 180 valence electrons. The first kappa shape index (κ1) is 24.6. The standard InChI is InChI=1S/C27H24Cl2N2O4/c1-3-8-19(18-14-13-17(34-2)15-22(18)32)25(33)31-27-24(23-20(28)11-7-12-21(23)29)30-26(35-27)16-9-5-4-6-10-16/h4-7,9-15,19,32H,3,8H2,1-2H3,(H,31,33). The number of nitrogens with one attached hydrogen (secondary N) is 1. The number of carbonyl (C=O) groups is 1. The molecule has 0 bridgehead atoms. The van der Waals surface area contributed by atoms with E-state index in [1.807, 2.05) is 37.3 Å². The lowest BCUT2D eigenvalue weighted by molar-refractivity contribution is -0.117. The Kier molecular flexibility index (Phi) is 7.63. The molecule has 0 saturated heterocycles. The van der Waals surface area contributed by atoms with Crippen LogP contribution in [0.25, 0.3) is 22.7 Å². The summed E-state index contributed by atoms with van der Waals surface area (Å²) in [5, 5.41) is 14.2. The second-order valence-electron chi connectivity index (χ2n) is 7.91. The number of aromatic nitrogens is 1. The van der Waals surface area contributed by atoms with Gasteiger partial charge in [-0.1, -0.05) is 66.9 Å². The molecule has 8 heteroatoms. The minimum Gasteiger partial charge on any atom is -0.508 e. The fourth-order valence-electron chi connectivity index (χ4n) is 3.86. The van der Waals surface area contributed by atoms with Gasteiger partial charge in [0.2, 0.25) is 17.7 Å². The van der Waals surface area contributed by atoms with Gasteiger partial charge in [-0.3, -0.25) is 10.1 Å². The number of benzene rings is 3. The number of methoxy groups -OCH3 is 1. The molecule has 2 N–H and O–H groups in total. The number of ether oxygens (including phenoxy) is 1. The van der Waals surface area contributed by atoms with Crippen LogP contribution in [0.1, 0.15) is 31.2 Å². The predicted molar refractivity (Wildman–Crippen MR) is 138 cm³/mol. The molecular weight excluding hydrogens is 487 g/mol. The fourth-order valence-corrected chi connectivity index (χ4v) is 4.44. The number of oxazole rings is 1. The third kappa shape index (κ3) is 5.29. The maximum atomic E-state index is 13.5. The predicted octanol–water partition coefficient (Wildman–Crippen LogP) is 7.55. The Labute approximate surface area is 213 Å². The Morgan fingerprint density at radius 3 is 2.43 bits per heavy atom. The number of anilines is 1. The minimum absolute atomic E-state index is 0.0186. The number of nitrogens with zero attached hydrogens (tertiary/aromatic N) is 1. The third-order valence-electron chi connectivity index (χ3n) is 5.59. The number of aromatic hydroxyl groups is 1. The van der Waals surface area contributed by atoms with E-state index in [2.05, 4.69) is 10.3 Å². The summed E-state index contributed by atoms with van der Waals surface area (Å²) in [4.78, 5) is 18.1. The lowest BCUT2D eigenvalue weighted by Gasteiger charge is -2.18. The molecule has 35 heavy (non-hydrogen) atoms. The van der Waals surface area contributed by atoms with Gasteiger partial charge in [-0.2, -0.15) is 0 Å². The molecular formula is C27H24Cl2N2O4. The van der Waals surface area contributed by atoms with Crippen molar-refractivity contribution in [3.8, 4) is 34.2 Å². The van der Waals surface area contributed by atoms with Crippen LogP contribution in [0.4, 0.5) is 5.88 Å². The average Bonchev–Trinajstić information content (AvgIpc) is 3.26. The molecule has 0 aliphatic carbocycles. The van der Waals surface area contributed by atoms with Crippen molar-refractivity contribution < 1.29 is 19.1 Å². The van der Waals surface area contributed by atoms with E-state index in [1.54, 1.807) is 30.3 Å². The summed E-state index contributed by atoms with van der Waals surface area (Å²) in [6, 6.07) is 19.3. The quantitative estimate of drug-likeness (QED) is 0.255. The molecule has 1 amide bonds. The van der Waals surface area contributed by atoms with Crippen molar-refractivity contribution in [1.29, 1.82) is 0 Å². The number of phenolic OH excluding ortho intramolecular Hbond substituents is 1. The number of hydrogen-bond acceptors (Lipinski definition) is 5. The van der Waals surface area contributed by atoms with Gasteiger partial charge in [-0.15, -0.1) is 0 Å². The highest BCUT2D eigenvalue weighted by atomic mass is 35.5. The van der Waals surface area contributed by atoms with Gasteiger partial charge in [-0.05, 0) is 36.8 Å². The second kappa shape index (κ2) is 10.8. The fraction of sp³-hybridized carbons (Fsp3) is 0.185. The van der Waals surface area contributed by atoms with Crippen molar-refractivity contribution in [3.05, 3.63) is 82.3 Å². The molecule has 0 radical (unpaired) electrons. The summed E-state index contributed by atoms with van der Waals surface area (Å²) in [6.07, 6.45) is 1.23. The Morgan fingerprint density at radius 1 is 1.09 bits per heavy atom. The lowest BCUT2D eigenvalue weighted by Crippen LogP contribution is -2.21. The normalized spacial score (nSPS) is 11.8. The zero-order chi connectivity index (χ0) is 24.9. The van der Waals surface area contributed by atoms with E-state index in [-0.39, 0.29) is 17.5 Å². The van der Waals surface area contributed by atoms with Crippen molar-refractivity contribution in [1.82, 2.24) is 4.98 Å². The largest absolute Gasteiger partial charge is 0.508 e. The van der Waals surface area contributed by atoms with E-state index < -0.39 is 5.92 Å². The smallest absolute Gasteiger partial charge is 0.234 e. The van der Waals surface area contributed by atoms with Gasteiger partial charge in [-0.25, -0.2) is 4.98 Å². The first-order valence-electron chi connectivity index (χ1n) is 11.1. The van der Waals surface area contributed by atoms with Crippen LogP contribution in [0, 0.1) is 0 Å². The van der Waals surface area contributed by atoms with Gasteiger partial charge in [0.05, 0.1) is 23.1 Å². The van der Waals surface area contributed by atoms with Crippen LogP contribution in [0.5, 0.6) is 11.5 Å². The van der Waals surface area contributed by atoms with Crippen LogP contribution in [0.15, 0.2) is 71.1 Å². The van der Waals surface area contributed by atoms with Gasteiger partial charge >= 0.3 is 0 Å². The highest BCUT2D eigenvalue weighted by Crippen LogP contribution is 2.41. The van der Waals surface area contributed by atoms with E-state index in [0.29, 0.717) is 44.9 Å². The molecule has 4 rings (SSSR count). The lowest BCUT2D eigenvalue weighted by atomic mass is 9.92. The summed E-state index contributed by atoms with van der Waals surface area (Å²) in [5.41, 5.74) is 2.00. The van der Waals surface area contributed by atoms with Crippen LogP contribution >= 0.6 is 23.2 Å². The van der Waals surface area contributed by atoms with E-state index in [4.69, 9.17) is 32.4 Å². The molecule has 0 fully saturated rings. The van der Waals surface area contributed by atoms with Crippen LogP contribution < -0.4 is 10.1 Å². The molecule has 1 heterocycles. The van der Waals surface area contributed by atoms with E-state index >= 15 is 0 Å².